The molecule has 2 aromatic rings. The topological polar surface area (TPSA) is 98.0 Å². The van der Waals surface area contributed by atoms with Crippen LogP contribution in [0, 0.1) is 15.9 Å². The highest BCUT2D eigenvalue weighted by atomic mass is 35.5. The van der Waals surface area contributed by atoms with Gasteiger partial charge in [0, 0.05) is 6.07 Å². The lowest BCUT2D eigenvalue weighted by atomic mass is 10.2. The Morgan fingerprint density at radius 2 is 2.15 bits per heavy atom. The summed E-state index contributed by atoms with van der Waals surface area (Å²) in [5, 5.41) is 12.8. The van der Waals surface area contributed by atoms with E-state index in [1.54, 1.807) is 0 Å². The Morgan fingerprint density at radius 1 is 1.40 bits per heavy atom. The second-order valence-electron chi connectivity index (χ2n) is 3.57. The van der Waals surface area contributed by atoms with E-state index in [1.165, 1.54) is 12.3 Å². The van der Waals surface area contributed by atoms with E-state index >= 15 is 0 Å². The van der Waals surface area contributed by atoms with Crippen molar-refractivity contribution in [1.82, 2.24) is 9.97 Å². The van der Waals surface area contributed by atoms with Gasteiger partial charge in [0.2, 0.25) is 0 Å². The van der Waals surface area contributed by atoms with Crippen LogP contribution in [0.1, 0.15) is 10.5 Å². The number of amides is 1. The lowest BCUT2D eigenvalue weighted by Crippen LogP contribution is -2.16. The molecule has 0 bridgehead atoms. The van der Waals surface area contributed by atoms with Crippen molar-refractivity contribution >= 4 is 28.9 Å². The first-order valence-electron chi connectivity index (χ1n) is 5.21. The van der Waals surface area contributed by atoms with Crippen molar-refractivity contribution in [3.8, 4) is 0 Å². The molecule has 20 heavy (non-hydrogen) atoms. The summed E-state index contributed by atoms with van der Waals surface area (Å²) in [4.78, 5) is 29.1. The number of nitro groups is 1. The van der Waals surface area contributed by atoms with E-state index in [4.69, 9.17) is 11.6 Å². The number of nitro benzene ring substituents is 1. The third kappa shape index (κ3) is 2.86. The lowest BCUT2D eigenvalue weighted by Gasteiger charge is -2.06. The predicted molar refractivity (Wildman–Crippen MR) is 68.0 cm³/mol. The first kappa shape index (κ1) is 13.8. The summed E-state index contributed by atoms with van der Waals surface area (Å²) in [5.74, 6) is -1.78. The van der Waals surface area contributed by atoms with Gasteiger partial charge in [-0.15, -0.1) is 0 Å². The van der Waals surface area contributed by atoms with Gasteiger partial charge in [-0.1, -0.05) is 17.7 Å². The highest BCUT2D eigenvalue weighted by Crippen LogP contribution is 2.27. The number of hydrogen-bond acceptors (Lipinski definition) is 5. The van der Waals surface area contributed by atoms with Crippen LogP contribution in [0.3, 0.4) is 0 Å². The zero-order valence-corrected chi connectivity index (χ0v) is 10.5. The van der Waals surface area contributed by atoms with E-state index in [-0.39, 0.29) is 10.8 Å². The molecule has 0 saturated carbocycles. The summed E-state index contributed by atoms with van der Waals surface area (Å²) in [6, 6.07) is 3.23. The Balaban J connectivity index is 2.35. The Kier molecular flexibility index (Phi) is 3.85. The molecule has 1 aromatic carbocycles. The maximum atomic E-state index is 13.6. The van der Waals surface area contributed by atoms with Gasteiger partial charge in [-0.2, -0.15) is 0 Å². The Hall–Kier alpha value is -2.61. The number of nitrogens with one attached hydrogen (secondary N) is 1. The zero-order chi connectivity index (χ0) is 14.7. The Labute approximate surface area is 116 Å². The Bertz CT molecular complexity index is 695. The smallest absolute Gasteiger partial charge is 0.295 e. The molecule has 1 N–H and O–H groups in total. The summed E-state index contributed by atoms with van der Waals surface area (Å²) in [6.45, 7) is 0. The number of anilines is 1. The van der Waals surface area contributed by atoms with E-state index < -0.39 is 28.0 Å². The van der Waals surface area contributed by atoms with Gasteiger partial charge >= 0.3 is 0 Å². The van der Waals surface area contributed by atoms with E-state index in [0.29, 0.717) is 0 Å². The van der Waals surface area contributed by atoms with E-state index in [0.717, 1.165) is 18.3 Å². The lowest BCUT2D eigenvalue weighted by molar-refractivity contribution is -0.384. The van der Waals surface area contributed by atoms with E-state index in [2.05, 4.69) is 15.3 Å². The van der Waals surface area contributed by atoms with E-state index in [1.807, 2.05) is 0 Å². The molecule has 0 radical (unpaired) electrons. The summed E-state index contributed by atoms with van der Waals surface area (Å²) in [5.41, 5.74) is -1.28. The standard InChI is InChI=1S/C11H6ClFN4O3/c12-9-5-14-4-7(15-9)11(18)16-10-6(13)2-1-3-8(10)17(19)20/h1-5H,(H,16,18). The average molecular weight is 297 g/mol. The third-order valence-electron chi connectivity index (χ3n) is 2.26. The fraction of sp³-hybridized carbons (Fsp3) is 0. The Morgan fingerprint density at radius 3 is 2.80 bits per heavy atom. The zero-order valence-electron chi connectivity index (χ0n) is 9.71. The maximum Gasteiger partial charge on any atom is 0.295 e. The molecule has 0 saturated heterocycles. The van der Waals surface area contributed by atoms with Gasteiger partial charge in [0.25, 0.3) is 11.6 Å². The predicted octanol–water partition coefficient (Wildman–Crippen LogP) is 2.43. The van der Waals surface area contributed by atoms with Crippen LogP contribution in [-0.4, -0.2) is 20.8 Å². The molecule has 1 amide bonds. The monoisotopic (exact) mass is 296 g/mol. The maximum absolute atomic E-state index is 13.6. The fourth-order valence-corrected chi connectivity index (χ4v) is 1.57. The summed E-state index contributed by atoms with van der Waals surface area (Å²) in [6.07, 6.45) is 2.32. The van der Waals surface area contributed by atoms with Crippen molar-refractivity contribution in [3.63, 3.8) is 0 Å². The molecule has 0 aliphatic heterocycles. The number of aromatic nitrogens is 2. The molecule has 102 valence electrons. The number of rotatable bonds is 3. The molecule has 2 rings (SSSR count). The number of benzene rings is 1. The number of nitrogens with zero attached hydrogens (tertiary/aromatic N) is 3. The number of hydrogen-bond donors (Lipinski definition) is 1. The van der Waals surface area contributed by atoms with Crippen LogP contribution in [-0.2, 0) is 0 Å². The highest BCUT2D eigenvalue weighted by molar-refractivity contribution is 6.29. The van der Waals surface area contributed by atoms with Crippen LogP contribution in [0.15, 0.2) is 30.6 Å². The number of carbonyl (C=O) groups excluding carboxylic acids is 1. The number of carbonyl (C=O) groups is 1. The van der Waals surface area contributed by atoms with Crippen molar-refractivity contribution in [1.29, 1.82) is 0 Å². The fourth-order valence-electron chi connectivity index (χ4n) is 1.42. The molecule has 0 spiro atoms. The van der Waals surface area contributed by atoms with Crippen LogP contribution in [0.5, 0.6) is 0 Å². The van der Waals surface area contributed by atoms with Crippen LogP contribution < -0.4 is 5.32 Å². The van der Waals surface area contributed by atoms with Gasteiger partial charge in [0.1, 0.15) is 10.8 Å². The summed E-state index contributed by atoms with van der Waals surface area (Å²) >= 11 is 5.57. The molecule has 1 heterocycles. The molecule has 1 aromatic heterocycles. The molecular weight excluding hydrogens is 291 g/mol. The minimum Gasteiger partial charge on any atom is -0.312 e. The molecule has 7 nitrogen and oxygen atoms in total. The first-order chi connectivity index (χ1) is 9.49. The van der Waals surface area contributed by atoms with Crippen molar-refractivity contribution in [3.05, 3.63) is 57.4 Å². The van der Waals surface area contributed by atoms with Crippen molar-refractivity contribution in [2.24, 2.45) is 0 Å². The van der Waals surface area contributed by atoms with Crippen LogP contribution in [0.4, 0.5) is 15.8 Å². The second kappa shape index (κ2) is 5.57. The van der Waals surface area contributed by atoms with Gasteiger partial charge in [0.05, 0.1) is 17.3 Å². The molecule has 0 atom stereocenters. The number of para-hydroxylation sites is 1. The first-order valence-corrected chi connectivity index (χ1v) is 5.58. The molecule has 0 unspecified atom stereocenters. The van der Waals surface area contributed by atoms with Crippen LogP contribution in [0.2, 0.25) is 5.15 Å². The average Bonchev–Trinajstić information content (AvgIpc) is 2.40. The minimum absolute atomic E-state index is 0.0271. The second-order valence-corrected chi connectivity index (χ2v) is 3.96. The molecular formula is C11H6ClFN4O3. The SMILES string of the molecule is O=C(Nc1c(F)cccc1[N+](=O)[O-])c1cncc(Cl)n1. The van der Waals surface area contributed by atoms with E-state index in [9.17, 15) is 19.3 Å². The molecule has 0 aliphatic carbocycles. The summed E-state index contributed by atoms with van der Waals surface area (Å²) < 4.78 is 13.6. The van der Waals surface area contributed by atoms with Crippen molar-refractivity contribution < 1.29 is 14.1 Å². The van der Waals surface area contributed by atoms with Crippen molar-refractivity contribution in [2.45, 2.75) is 0 Å². The van der Waals surface area contributed by atoms with Gasteiger partial charge in [-0.25, -0.2) is 9.37 Å². The number of halogens is 2. The van der Waals surface area contributed by atoms with Crippen LogP contribution >= 0.6 is 11.6 Å². The largest absolute Gasteiger partial charge is 0.312 e. The highest BCUT2D eigenvalue weighted by Gasteiger charge is 2.21. The normalized spacial score (nSPS) is 10.1. The van der Waals surface area contributed by atoms with Gasteiger partial charge < -0.3 is 5.32 Å². The van der Waals surface area contributed by atoms with Gasteiger partial charge in [0.15, 0.2) is 11.5 Å². The van der Waals surface area contributed by atoms with Crippen molar-refractivity contribution in [2.75, 3.05) is 5.32 Å². The van der Waals surface area contributed by atoms with Crippen LogP contribution in [0.25, 0.3) is 0 Å². The van der Waals surface area contributed by atoms with Gasteiger partial charge in [-0.05, 0) is 6.07 Å². The molecule has 0 aliphatic rings. The third-order valence-corrected chi connectivity index (χ3v) is 2.45. The molecule has 0 fully saturated rings. The summed E-state index contributed by atoms with van der Waals surface area (Å²) in [7, 11) is 0. The quantitative estimate of drug-likeness (QED) is 0.693. The molecule has 9 heteroatoms. The van der Waals surface area contributed by atoms with Gasteiger partial charge in [-0.3, -0.25) is 19.9 Å². The minimum atomic E-state index is -0.928.